The van der Waals surface area contributed by atoms with Crippen LogP contribution in [0.15, 0.2) is 48.7 Å². The van der Waals surface area contributed by atoms with E-state index in [2.05, 4.69) is 19.8 Å². The molecular weight excluding hydrogens is 514 g/mol. The van der Waals surface area contributed by atoms with E-state index in [4.69, 9.17) is 14.2 Å². The molecule has 2 aromatic carbocycles. The first-order valence-electron chi connectivity index (χ1n) is 12.3. The van der Waals surface area contributed by atoms with E-state index in [0.29, 0.717) is 34.7 Å². The highest BCUT2D eigenvalue weighted by molar-refractivity contribution is 5.93. The van der Waals surface area contributed by atoms with Gasteiger partial charge in [0.2, 0.25) is 5.91 Å². The lowest BCUT2D eigenvalue weighted by atomic mass is 9.82. The quantitative estimate of drug-likeness (QED) is 0.469. The summed E-state index contributed by atoms with van der Waals surface area (Å²) in [5.41, 5.74) is 1.05. The number of hydrogen-bond acceptors (Lipinski definition) is 8. The molecule has 6 rings (SSSR count). The van der Waals surface area contributed by atoms with Crippen molar-refractivity contribution >= 4 is 11.7 Å². The van der Waals surface area contributed by atoms with Crippen molar-refractivity contribution in [2.24, 2.45) is 0 Å². The Labute approximate surface area is 222 Å². The molecule has 0 spiro atoms. The van der Waals surface area contributed by atoms with Crippen LogP contribution in [0.5, 0.6) is 28.7 Å². The lowest BCUT2D eigenvalue weighted by Gasteiger charge is -2.34. The minimum atomic E-state index is -3.78. The molecular formula is C28H24F2N2O7. The molecule has 11 heteroatoms. The minimum absolute atomic E-state index is 0.00361. The number of Topliss-reactive ketones (excluding diaryl/α,β-unsaturated/α-hetero) is 1. The van der Waals surface area contributed by atoms with Gasteiger partial charge in [-0.3, -0.25) is 14.6 Å². The Bertz CT molecular complexity index is 1490. The maximum atomic E-state index is 13.8. The number of carbonyl (C=O) groups excluding carboxylic acids is 2. The maximum Gasteiger partial charge on any atom is 0.586 e. The third-order valence-corrected chi connectivity index (χ3v) is 7.26. The molecule has 3 aliphatic rings. The molecule has 3 aliphatic heterocycles. The Morgan fingerprint density at radius 1 is 1.05 bits per heavy atom. The second-order valence-corrected chi connectivity index (χ2v) is 9.88. The Hall–Kier alpha value is -4.41. The highest BCUT2D eigenvalue weighted by Crippen LogP contribution is 2.50. The number of methoxy groups -OCH3 is 1. The molecule has 4 heterocycles. The second-order valence-electron chi connectivity index (χ2n) is 9.88. The van der Waals surface area contributed by atoms with Crippen molar-refractivity contribution in [3.63, 3.8) is 0 Å². The van der Waals surface area contributed by atoms with Gasteiger partial charge in [-0.1, -0.05) is 0 Å². The molecule has 0 unspecified atom stereocenters. The van der Waals surface area contributed by atoms with Gasteiger partial charge in [-0.15, -0.1) is 8.78 Å². The second kappa shape index (κ2) is 8.82. The van der Waals surface area contributed by atoms with Crippen LogP contribution in [0.1, 0.15) is 59.6 Å². The van der Waals surface area contributed by atoms with Crippen molar-refractivity contribution in [1.82, 2.24) is 10.3 Å². The highest BCUT2D eigenvalue weighted by atomic mass is 19.3. The van der Waals surface area contributed by atoms with E-state index < -0.39 is 23.9 Å². The number of pyridine rings is 1. The summed E-state index contributed by atoms with van der Waals surface area (Å²) in [6.07, 6.45) is -2.45. The number of ketones is 1. The Morgan fingerprint density at radius 3 is 2.51 bits per heavy atom. The molecule has 202 valence electrons. The van der Waals surface area contributed by atoms with Crippen LogP contribution in [0.25, 0.3) is 0 Å². The van der Waals surface area contributed by atoms with E-state index >= 15 is 0 Å². The number of halogens is 2. The van der Waals surface area contributed by atoms with Crippen LogP contribution in [0.4, 0.5) is 8.78 Å². The summed E-state index contributed by atoms with van der Waals surface area (Å²) >= 11 is 0. The molecule has 1 N–H and O–H groups in total. The predicted octanol–water partition coefficient (Wildman–Crippen LogP) is 4.65. The van der Waals surface area contributed by atoms with Crippen LogP contribution >= 0.6 is 0 Å². The van der Waals surface area contributed by atoms with E-state index in [-0.39, 0.29) is 35.5 Å². The van der Waals surface area contributed by atoms with Gasteiger partial charge in [0.1, 0.15) is 35.4 Å². The average Bonchev–Trinajstić information content (AvgIpc) is 3.41. The number of nitrogens with one attached hydrogen (secondary N) is 1. The zero-order valence-electron chi connectivity index (χ0n) is 21.2. The zero-order chi connectivity index (χ0) is 27.5. The number of ether oxygens (including phenoxy) is 5. The summed E-state index contributed by atoms with van der Waals surface area (Å²) in [7, 11) is 1.54. The van der Waals surface area contributed by atoms with Crippen LogP contribution in [0, 0.1) is 0 Å². The first kappa shape index (κ1) is 24.9. The molecule has 0 radical (unpaired) electrons. The van der Waals surface area contributed by atoms with E-state index in [9.17, 15) is 18.4 Å². The van der Waals surface area contributed by atoms with Gasteiger partial charge in [0.05, 0.1) is 18.8 Å². The molecule has 0 saturated heterocycles. The van der Waals surface area contributed by atoms with Gasteiger partial charge in [-0.2, -0.15) is 0 Å². The van der Waals surface area contributed by atoms with Gasteiger partial charge >= 0.3 is 6.29 Å². The Balaban J connectivity index is 1.30. The Kier molecular flexibility index (Phi) is 5.63. The van der Waals surface area contributed by atoms with Crippen LogP contribution < -0.4 is 29.0 Å². The monoisotopic (exact) mass is 538 g/mol. The summed E-state index contributed by atoms with van der Waals surface area (Å²) in [6, 6.07) is 10.9. The molecule has 0 fully saturated rings. The number of hydrogen-bond donors (Lipinski definition) is 1. The molecule has 0 aliphatic carbocycles. The normalized spacial score (nSPS) is 23.6. The number of carbonyl (C=O) groups is 2. The minimum Gasteiger partial charge on any atom is -0.497 e. The Morgan fingerprint density at radius 2 is 1.82 bits per heavy atom. The van der Waals surface area contributed by atoms with Crippen molar-refractivity contribution in [2.45, 2.75) is 44.1 Å². The molecule has 39 heavy (non-hydrogen) atoms. The summed E-state index contributed by atoms with van der Waals surface area (Å²) in [5, 5.41) is 3.11. The fraction of sp³-hybridized carbons (Fsp3) is 0.321. The maximum absolute atomic E-state index is 13.8. The van der Waals surface area contributed by atoms with E-state index in [0.717, 1.165) is 5.56 Å². The summed E-state index contributed by atoms with van der Waals surface area (Å²) in [5.74, 6) is 0.604. The molecule has 1 amide bonds. The molecule has 3 aromatic rings. The third kappa shape index (κ3) is 4.27. The van der Waals surface area contributed by atoms with Crippen molar-refractivity contribution in [2.75, 3.05) is 13.7 Å². The van der Waals surface area contributed by atoms with Crippen LogP contribution in [0.3, 0.4) is 0 Å². The van der Waals surface area contributed by atoms with E-state index in [1.165, 1.54) is 25.3 Å². The van der Waals surface area contributed by atoms with Gasteiger partial charge < -0.3 is 29.0 Å². The zero-order valence-corrected chi connectivity index (χ0v) is 21.2. The van der Waals surface area contributed by atoms with Crippen LogP contribution in [0.2, 0.25) is 0 Å². The smallest absolute Gasteiger partial charge is 0.497 e. The number of alkyl halides is 2. The SMILES string of the molecule is COc1ccc2c(c1)O[C@@H](c1ccc(C(C)=O)cn1)C[C@H]2NC(=O)[C@@]1(C)COc2cc3c(cc21)OC(F)(F)O3. The van der Waals surface area contributed by atoms with E-state index in [1.54, 1.807) is 38.3 Å². The summed E-state index contributed by atoms with van der Waals surface area (Å²) in [6.45, 7) is 3.15. The number of benzene rings is 2. The number of aromatic nitrogens is 1. The van der Waals surface area contributed by atoms with Crippen molar-refractivity contribution < 1.29 is 42.1 Å². The highest BCUT2D eigenvalue weighted by Gasteiger charge is 2.49. The fourth-order valence-electron chi connectivity index (χ4n) is 5.03. The van der Waals surface area contributed by atoms with Crippen LogP contribution in [-0.2, 0) is 10.2 Å². The lowest BCUT2D eigenvalue weighted by Crippen LogP contribution is -2.46. The van der Waals surface area contributed by atoms with Crippen molar-refractivity contribution in [3.8, 4) is 28.7 Å². The number of rotatable bonds is 5. The van der Waals surface area contributed by atoms with Gasteiger partial charge in [0.25, 0.3) is 0 Å². The fourth-order valence-corrected chi connectivity index (χ4v) is 5.03. The molecule has 1 aromatic heterocycles. The third-order valence-electron chi connectivity index (χ3n) is 7.26. The van der Waals surface area contributed by atoms with Gasteiger partial charge in [0, 0.05) is 41.4 Å². The average molecular weight is 539 g/mol. The summed E-state index contributed by atoms with van der Waals surface area (Å²) < 4.78 is 53.6. The van der Waals surface area contributed by atoms with Crippen molar-refractivity contribution in [1.29, 1.82) is 0 Å². The predicted molar refractivity (Wildman–Crippen MR) is 132 cm³/mol. The molecule has 0 bridgehead atoms. The lowest BCUT2D eigenvalue weighted by molar-refractivity contribution is -0.286. The number of nitrogens with zero attached hydrogens (tertiary/aromatic N) is 1. The first-order valence-corrected chi connectivity index (χ1v) is 12.3. The summed E-state index contributed by atoms with van der Waals surface area (Å²) in [4.78, 5) is 29.9. The molecule has 0 saturated carbocycles. The standard InChI is InChI=1S/C28H24F2N2O7/c1-14(33)15-4-7-19(31-12-15)23-10-20(17-6-5-16(35-3)8-21(17)37-23)32-26(34)27(2)13-36-22-11-25-24(9-18(22)27)38-28(29,30)39-25/h4-9,11-12,20,23H,10,13H2,1-3H3,(H,32,34)/t20-,23-,27+/m1/s1. The van der Waals surface area contributed by atoms with Crippen molar-refractivity contribution in [3.05, 3.63) is 71.0 Å². The van der Waals surface area contributed by atoms with Crippen LogP contribution in [-0.4, -0.2) is 36.7 Å². The topological polar surface area (TPSA) is 105 Å². The number of fused-ring (bicyclic) bond motifs is 3. The first-order chi connectivity index (χ1) is 18.6. The molecule has 3 atom stereocenters. The largest absolute Gasteiger partial charge is 0.586 e. The number of amides is 1. The van der Waals surface area contributed by atoms with Gasteiger partial charge in [0.15, 0.2) is 17.3 Å². The van der Waals surface area contributed by atoms with Gasteiger partial charge in [-0.25, -0.2) is 0 Å². The van der Waals surface area contributed by atoms with E-state index in [1.807, 2.05) is 6.07 Å². The molecule has 9 nitrogen and oxygen atoms in total. The van der Waals surface area contributed by atoms with Gasteiger partial charge in [-0.05, 0) is 44.2 Å².